The molecule has 0 spiro atoms. The Hall–Kier alpha value is -2.33. The van der Waals surface area contributed by atoms with Crippen molar-refractivity contribution in [1.82, 2.24) is 4.90 Å². The fourth-order valence-corrected chi connectivity index (χ4v) is 4.82. The van der Waals surface area contributed by atoms with E-state index in [-0.39, 0.29) is 5.91 Å². The average Bonchev–Trinajstić information content (AvgIpc) is 2.87. The predicted molar refractivity (Wildman–Crippen MR) is 100 cm³/mol. The van der Waals surface area contributed by atoms with E-state index in [1.54, 1.807) is 0 Å². The molecule has 3 saturated heterocycles. The Bertz CT molecular complexity index is 783. The lowest BCUT2D eigenvalue weighted by Gasteiger charge is -2.51. The first kappa shape index (κ1) is 15.0. The van der Waals surface area contributed by atoms with Crippen LogP contribution in [-0.2, 0) is 0 Å². The third-order valence-corrected chi connectivity index (χ3v) is 6.12. The quantitative estimate of drug-likeness (QED) is 0.870. The number of para-hydroxylation sites is 2. The van der Waals surface area contributed by atoms with Crippen LogP contribution in [0.5, 0.6) is 0 Å². The highest BCUT2D eigenvalue weighted by molar-refractivity contribution is 6.08. The molecule has 25 heavy (non-hydrogen) atoms. The fraction of sp³-hybridized carbons (Fsp3) is 0.381. The highest BCUT2D eigenvalue weighted by Crippen LogP contribution is 2.40. The van der Waals surface area contributed by atoms with Crippen molar-refractivity contribution in [3.63, 3.8) is 0 Å². The van der Waals surface area contributed by atoms with E-state index in [0.717, 1.165) is 42.5 Å². The van der Waals surface area contributed by atoms with Gasteiger partial charge in [0.25, 0.3) is 5.91 Å². The van der Waals surface area contributed by atoms with Crippen molar-refractivity contribution in [3.05, 3.63) is 60.2 Å². The topological polar surface area (TPSA) is 35.6 Å². The molecule has 4 heterocycles. The molecular formula is C21H23N3O. The number of nitrogens with zero attached hydrogens (tertiary/aromatic N) is 2. The third kappa shape index (κ3) is 2.44. The van der Waals surface area contributed by atoms with Crippen LogP contribution in [0.25, 0.3) is 0 Å². The molecule has 2 bridgehead atoms. The summed E-state index contributed by atoms with van der Waals surface area (Å²) in [6, 6.07) is 18.7. The van der Waals surface area contributed by atoms with E-state index in [0.29, 0.717) is 12.1 Å². The summed E-state index contributed by atoms with van der Waals surface area (Å²) in [7, 11) is 0. The average molecular weight is 333 g/mol. The molecule has 2 aromatic rings. The molecule has 2 aromatic carbocycles. The van der Waals surface area contributed by atoms with E-state index in [1.807, 2.05) is 41.3 Å². The molecule has 4 aliphatic rings. The second-order valence-electron chi connectivity index (χ2n) is 7.41. The summed E-state index contributed by atoms with van der Waals surface area (Å²) < 4.78 is 0. The second-order valence-corrected chi connectivity index (χ2v) is 7.41. The van der Waals surface area contributed by atoms with Gasteiger partial charge in [0, 0.05) is 24.2 Å². The molecule has 1 amide bonds. The minimum absolute atomic E-state index is 0.0955. The molecule has 4 nitrogen and oxygen atoms in total. The zero-order valence-corrected chi connectivity index (χ0v) is 14.3. The van der Waals surface area contributed by atoms with Gasteiger partial charge in [-0.15, -0.1) is 0 Å². The summed E-state index contributed by atoms with van der Waals surface area (Å²) in [6.07, 6.45) is 2.53. The number of carbonyl (C=O) groups excluding carboxylic acids is 1. The van der Waals surface area contributed by atoms with E-state index < -0.39 is 0 Å². The molecule has 6 rings (SSSR count). The number of hydrogen-bond acceptors (Lipinski definition) is 3. The van der Waals surface area contributed by atoms with Crippen LogP contribution in [0.15, 0.2) is 54.6 Å². The van der Waals surface area contributed by atoms with Crippen molar-refractivity contribution in [2.45, 2.75) is 24.9 Å². The van der Waals surface area contributed by atoms with Gasteiger partial charge in [0.1, 0.15) is 0 Å². The minimum Gasteiger partial charge on any atom is -0.379 e. The largest absolute Gasteiger partial charge is 0.379 e. The summed E-state index contributed by atoms with van der Waals surface area (Å²) >= 11 is 0. The Kier molecular flexibility index (Phi) is 3.52. The normalized spacial score (nSPS) is 30.0. The van der Waals surface area contributed by atoms with Gasteiger partial charge >= 0.3 is 0 Å². The van der Waals surface area contributed by atoms with E-state index in [1.165, 1.54) is 12.8 Å². The molecule has 2 atom stereocenters. The Labute approximate surface area is 148 Å². The van der Waals surface area contributed by atoms with Crippen molar-refractivity contribution >= 4 is 17.3 Å². The summed E-state index contributed by atoms with van der Waals surface area (Å²) in [5.41, 5.74) is 2.85. The minimum atomic E-state index is 0.0955. The van der Waals surface area contributed by atoms with Crippen LogP contribution in [0, 0.1) is 5.92 Å². The van der Waals surface area contributed by atoms with Crippen LogP contribution in [0.1, 0.15) is 23.2 Å². The van der Waals surface area contributed by atoms with Crippen LogP contribution < -0.4 is 10.2 Å². The molecule has 128 valence electrons. The smallest absolute Gasteiger partial charge is 0.258 e. The lowest BCUT2D eigenvalue weighted by atomic mass is 9.78. The first-order valence-corrected chi connectivity index (χ1v) is 9.28. The number of carbonyl (C=O) groups is 1. The Morgan fingerprint density at radius 1 is 0.960 bits per heavy atom. The molecule has 0 saturated carbocycles. The highest BCUT2D eigenvalue weighted by atomic mass is 16.2. The maximum atomic E-state index is 13.3. The van der Waals surface area contributed by atoms with Gasteiger partial charge < -0.3 is 10.2 Å². The zero-order valence-electron chi connectivity index (χ0n) is 14.3. The first-order chi connectivity index (χ1) is 12.3. The van der Waals surface area contributed by atoms with Gasteiger partial charge in [0.15, 0.2) is 0 Å². The number of piperidine rings is 3. The molecule has 2 unspecified atom stereocenters. The summed E-state index contributed by atoms with van der Waals surface area (Å²) in [4.78, 5) is 17.8. The van der Waals surface area contributed by atoms with Crippen LogP contribution >= 0.6 is 0 Å². The number of benzene rings is 2. The van der Waals surface area contributed by atoms with Crippen LogP contribution in [0.3, 0.4) is 0 Å². The molecule has 0 radical (unpaired) electrons. The fourth-order valence-electron chi connectivity index (χ4n) is 4.82. The van der Waals surface area contributed by atoms with Gasteiger partial charge in [-0.3, -0.25) is 9.69 Å². The molecule has 3 fully saturated rings. The number of hydrogen-bond donors (Lipinski definition) is 1. The summed E-state index contributed by atoms with van der Waals surface area (Å²) in [5.74, 6) is 0.813. The van der Waals surface area contributed by atoms with Gasteiger partial charge in [-0.25, -0.2) is 0 Å². The van der Waals surface area contributed by atoms with Crippen LogP contribution in [-0.4, -0.2) is 42.5 Å². The number of amides is 1. The van der Waals surface area contributed by atoms with Crippen molar-refractivity contribution in [2.24, 2.45) is 5.92 Å². The SMILES string of the molecule is O=C(c1ccccc1)N1CC2C(Nc3ccccc31)C1CCN2CC1. The lowest BCUT2D eigenvalue weighted by Crippen LogP contribution is -2.63. The molecule has 0 aliphatic carbocycles. The van der Waals surface area contributed by atoms with Gasteiger partial charge in [-0.2, -0.15) is 0 Å². The monoisotopic (exact) mass is 333 g/mol. The van der Waals surface area contributed by atoms with Crippen LogP contribution in [0.2, 0.25) is 0 Å². The number of fused-ring (bicyclic) bond motifs is 3. The van der Waals surface area contributed by atoms with Crippen molar-refractivity contribution in [1.29, 1.82) is 0 Å². The van der Waals surface area contributed by atoms with Crippen molar-refractivity contribution in [3.8, 4) is 0 Å². The Morgan fingerprint density at radius 3 is 2.48 bits per heavy atom. The number of nitrogens with one attached hydrogen (secondary N) is 1. The Morgan fingerprint density at radius 2 is 1.68 bits per heavy atom. The maximum Gasteiger partial charge on any atom is 0.258 e. The van der Waals surface area contributed by atoms with Gasteiger partial charge in [-0.05, 0) is 56.1 Å². The van der Waals surface area contributed by atoms with Gasteiger partial charge in [0.05, 0.1) is 11.4 Å². The number of anilines is 2. The van der Waals surface area contributed by atoms with E-state index in [9.17, 15) is 4.79 Å². The lowest BCUT2D eigenvalue weighted by molar-refractivity contribution is 0.0403. The zero-order chi connectivity index (χ0) is 16.8. The third-order valence-electron chi connectivity index (χ3n) is 6.12. The van der Waals surface area contributed by atoms with E-state index in [4.69, 9.17) is 0 Å². The van der Waals surface area contributed by atoms with Crippen LogP contribution in [0.4, 0.5) is 11.4 Å². The van der Waals surface area contributed by atoms with Crippen molar-refractivity contribution < 1.29 is 4.79 Å². The molecule has 1 N–H and O–H groups in total. The van der Waals surface area contributed by atoms with Crippen molar-refractivity contribution in [2.75, 3.05) is 29.9 Å². The predicted octanol–water partition coefficient (Wildman–Crippen LogP) is 3.22. The molecule has 0 aromatic heterocycles. The van der Waals surface area contributed by atoms with Gasteiger partial charge in [0.2, 0.25) is 0 Å². The molecule has 4 heteroatoms. The summed E-state index contributed by atoms with van der Waals surface area (Å²) in [5, 5.41) is 3.79. The Balaban J connectivity index is 1.57. The second kappa shape index (κ2) is 5.88. The van der Waals surface area contributed by atoms with Gasteiger partial charge in [-0.1, -0.05) is 30.3 Å². The number of rotatable bonds is 1. The highest BCUT2D eigenvalue weighted by Gasteiger charge is 2.45. The standard InChI is InChI=1S/C21H23N3O/c25-21(16-6-2-1-3-7-16)24-14-19-20(15-10-12-23(19)13-11-15)22-17-8-4-5-9-18(17)24/h1-9,15,19-20,22H,10-14H2. The molecular weight excluding hydrogens is 310 g/mol. The van der Waals surface area contributed by atoms with E-state index >= 15 is 0 Å². The van der Waals surface area contributed by atoms with E-state index in [2.05, 4.69) is 28.4 Å². The summed E-state index contributed by atoms with van der Waals surface area (Å²) in [6.45, 7) is 3.09. The maximum absolute atomic E-state index is 13.3. The molecule has 4 aliphatic heterocycles. The first-order valence-electron chi connectivity index (χ1n) is 9.28.